The van der Waals surface area contributed by atoms with E-state index in [9.17, 15) is 9.70 Å². The molecule has 4 heteroatoms. The summed E-state index contributed by atoms with van der Waals surface area (Å²) in [5.74, 6) is -0.390. The van der Waals surface area contributed by atoms with Crippen LogP contribution in [0, 0.1) is 11.8 Å². The summed E-state index contributed by atoms with van der Waals surface area (Å²) in [4.78, 5) is 21.2. The van der Waals surface area contributed by atoms with E-state index in [1.54, 1.807) is 12.1 Å². The zero-order chi connectivity index (χ0) is 9.84. The molecule has 0 atom stereocenters. The quantitative estimate of drug-likeness (QED) is 0.514. The zero-order valence-corrected chi connectivity index (χ0v) is 7.52. The molecule has 1 aromatic rings. The fraction of sp³-hybridized carbons (Fsp3) is 0.222. The number of rotatable bonds is 2. The number of hydrogen-bond acceptors (Lipinski definition) is 3. The van der Waals surface area contributed by atoms with E-state index in [0.29, 0.717) is 5.69 Å². The number of nitroso groups, excluding NO2 is 1. The van der Waals surface area contributed by atoms with Gasteiger partial charge in [-0.05, 0) is 19.1 Å². The van der Waals surface area contributed by atoms with Gasteiger partial charge < -0.3 is 0 Å². The minimum absolute atomic E-state index is 0.390. The fourth-order valence-corrected chi connectivity index (χ4v) is 0.972. The number of aryl methyl sites for hydroxylation is 1. The van der Waals surface area contributed by atoms with Crippen LogP contribution < -0.4 is 5.01 Å². The van der Waals surface area contributed by atoms with E-state index < -0.39 is 0 Å². The van der Waals surface area contributed by atoms with E-state index in [4.69, 9.17) is 0 Å². The summed E-state index contributed by atoms with van der Waals surface area (Å²) in [6, 6.07) is 6.99. The van der Waals surface area contributed by atoms with Crippen LogP contribution in [0.1, 0.15) is 12.5 Å². The van der Waals surface area contributed by atoms with Crippen LogP contribution in [0.4, 0.5) is 5.69 Å². The Labute approximate surface area is 76.1 Å². The molecule has 4 nitrogen and oxygen atoms in total. The van der Waals surface area contributed by atoms with Crippen LogP contribution in [-0.4, -0.2) is 5.91 Å². The van der Waals surface area contributed by atoms with Crippen molar-refractivity contribution in [2.75, 3.05) is 5.01 Å². The molecule has 1 amide bonds. The average molecular weight is 178 g/mol. The zero-order valence-electron chi connectivity index (χ0n) is 7.52. The van der Waals surface area contributed by atoms with Gasteiger partial charge in [-0.25, -0.2) is 0 Å². The molecule has 0 aliphatic heterocycles. The summed E-state index contributed by atoms with van der Waals surface area (Å²) >= 11 is 0. The van der Waals surface area contributed by atoms with Gasteiger partial charge in [0.15, 0.2) is 0 Å². The highest BCUT2D eigenvalue weighted by Crippen LogP contribution is 2.15. The van der Waals surface area contributed by atoms with Crippen molar-refractivity contribution in [3.05, 3.63) is 34.7 Å². The molecule has 0 N–H and O–H groups in total. The Balaban J connectivity index is 2.99. The molecule has 0 aromatic heterocycles. The van der Waals surface area contributed by atoms with Gasteiger partial charge >= 0.3 is 0 Å². The van der Waals surface area contributed by atoms with E-state index in [1.165, 1.54) is 6.92 Å². The Hall–Kier alpha value is -1.71. The minimum atomic E-state index is -0.390. The molecular weight excluding hydrogens is 168 g/mol. The van der Waals surface area contributed by atoms with Gasteiger partial charge in [0.05, 0.1) is 11.0 Å². The van der Waals surface area contributed by atoms with E-state index in [2.05, 4.69) is 5.29 Å². The van der Waals surface area contributed by atoms with Gasteiger partial charge in [0.2, 0.25) is 5.91 Å². The van der Waals surface area contributed by atoms with Crippen LogP contribution in [0.5, 0.6) is 0 Å². The van der Waals surface area contributed by atoms with Crippen LogP contribution in [0.25, 0.3) is 0 Å². The van der Waals surface area contributed by atoms with Crippen LogP contribution in [0.15, 0.2) is 29.6 Å². The second-order valence-corrected chi connectivity index (χ2v) is 2.75. The third kappa shape index (κ3) is 2.11. The molecule has 0 aliphatic rings. The highest BCUT2D eigenvalue weighted by molar-refractivity contribution is 5.90. The summed E-state index contributed by atoms with van der Waals surface area (Å²) < 4.78 is 0. The third-order valence-electron chi connectivity index (χ3n) is 1.66. The Morgan fingerprint density at radius 1 is 1.31 bits per heavy atom. The molecule has 13 heavy (non-hydrogen) atoms. The van der Waals surface area contributed by atoms with Gasteiger partial charge in [-0.3, -0.25) is 4.79 Å². The number of amides is 1. The van der Waals surface area contributed by atoms with Crippen molar-refractivity contribution in [3.63, 3.8) is 0 Å². The Bertz CT molecular complexity index is 319. The van der Waals surface area contributed by atoms with Gasteiger partial charge in [-0.1, -0.05) is 17.7 Å². The number of benzene rings is 1. The predicted molar refractivity (Wildman–Crippen MR) is 50.1 cm³/mol. The summed E-state index contributed by atoms with van der Waals surface area (Å²) in [5, 5.41) is 3.44. The molecular formula is C9H10N2O2. The maximum atomic E-state index is 10.9. The lowest BCUT2D eigenvalue weighted by Gasteiger charge is -2.10. The lowest BCUT2D eigenvalue weighted by Crippen LogP contribution is -2.20. The highest BCUT2D eigenvalue weighted by Gasteiger charge is 2.10. The molecule has 1 aromatic carbocycles. The molecule has 0 unspecified atom stereocenters. The number of carbonyl (C=O) groups is 1. The summed E-state index contributed by atoms with van der Waals surface area (Å²) in [6.07, 6.45) is 0. The smallest absolute Gasteiger partial charge is 0.246 e. The van der Waals surface area contributed by atoms with Crippen molar-refractivity contribution in [1.29, 1.82) is 0 Å². The number of hydrogen-bond donors (Lipinski definition) is 0. The van der Waals surface area contributed by atoms with Gasteiger partial charge in [-0.15, -0.1) is 4.91 Å². The molecule has 0 saturated carbocycles. The van der Waals surface area contributed by atoms with E-state index in [1.807, 2.05) is 19.1 Å². The first-order valence-electron chi connectivity index (χ1n) is 3.86. The Morgan fingerprint density at radius 3 is 2.23 bits per heavy atom. The van der Waals surface area contributed by atoms with Gasteiger partial charge in [0.25, 0.3) is 0 Å². The van der Waals surface area contributed by atoms with Crippen molar-refractivity contribution in [2.24, 2.45) is 5.29 Å². The fourth-order valence-electron chi connectivity index (χ4n) is 0.972. The first kappa shape index (κ1) is 9.38. The molecule has 1 rings (SSSR count). The monoisotopic (exact) mass is 178 g/mol. The van der Waals surface area contributed by atoms with Crippen molar-refractivity contribution in [3.8, 4) is 0 Å². The number of carbonyl (C=O) groups excluding carboxylic acids is 1. The summed E-state index contributed by atoms with van der Waals surface area (Å²) in [6.45, 7) is 3.22. The molecule has 0 radical (unpaired) electrons. The lowest BCUT2D eigenvalue weighted by atomic mass is 10.2. The molecule has 0 aliphatic carbocycles. The second kappa shape index (κ2) is 3.80. The topological polar surface area (TPSA) is 49.7 Å². The summed E-state index contributed by atoms with van der Waals surface area (Å²) in [5.41, 5.74) is 1.56. The molecule has 0 heterocycles. The Kier molecular flexibility index (Phi) is 2.74. The normalized spacial score (nSPS) is 9.38. The van der Waals surface area contributed by atoms with Crippen molar-refractivity contribution < 1.29 is 4.79 Å². The van der Waals surface area contributed by atoms with Gasteiger partial charge in [0.1, 0.15) is 0 Å². The Morgan fingerprint density at radius 2 is 1.85 bits per heavy atom. The van der Waals surface area contributed by atoms with Gasteiger partial charge in [-0.2, -0.15) is 5.01 Å². The molecule has 0 saturated heterocycles. The van der Waals surface area contributed by atoms with E-state index >= 15 is 0 Å². The minimum Gasteiger partial charge on any atom is -0.273 e. The van der Waals surface area contributed by atoms with Gasteiger partial charge in [0, 0.05) is 6.92 Å². The standard InChI is InChI=1S/C9H10N2O2/c1-7-3-5-9(6-4-7)11(10-13)8(2)12/h3-6H,1-2H3. The molecule has 0 bridgehead atoms. The maximum absolute atomic E-state index is 10.9. The molecule has 0 fully saturated rings. The third-order valence-corrected chi connectivity index (χ3v) is 1.66. The lowest BCUT2D eigenvalue weighted by molar-refractivity contribution is -0.116. The number of anilines is 1. The van der Waals surface area contributed by atoms with Crippen LogP contribution in [0.3, 0.4) is 0 Å². The largest absolute Gasteiger partial charge is 0.273 e. The first-order valence-corrected chi connectivity index (χ1v) is 3.86. The molecule has 0 spiro atoms. The van der Waals surface area contributed by atoms with Crippen LogP contribution in [-0.2, 0) is 4.79 Å². The first-order chi connectivity index (χ1) is 6.15. The van der Waals surface area contributed by atoms with Crippen molar-refractivity contribution in [1.82, 2.24) is 0 Å². The average Bonchev–Trinajstić information content (AvgIpc) is 2.09. The van der Waals surface area contributed by atoms with Crippen LogP contribution in [0.2, 0.25) is 0 Å². The van der Waals surface area contributed by atoms with Crippen molar-refractivity contribution >= 4 is 11.6 Å². The maximum Gasteiger partial charge on any atom is 0.246 e. The van der Waals surface area contributed by atoms with E-state index in [0.717, 1.165) is 10.6 Å². The van der Waals surface area contributed by atoms with E-state index in [-0.39, 0.29) is 5.91 Å². The second-order valence-electron chi connectivity index (χ2n) is 2.75. The van der Waals surface area contributed by atoms with Crippen LogP contribution >= 0.6 is 0 Å². The predicted octanol–water partition coefficient (Wildman–Crippen LogP) is 2.03. The van der Waals surface area contributed by atoms with Crippen molar-refractivity contribution in [2.45, 2.75) is 13.8 Å². The molecule has 68 valence electrons. The summed E-state index contributed by atoms with van der Waals surface area (Å²) in [7, 11) is 0. The SMILES string of the molecule is CC(=O)N(N=O)c1ccc(C)cc1. The highest BCUT2D eigenvalue weighted by atomic mass is 16.3. The number of nitrogens with zero attached hydrogens (tertiary/aromatic N) is 2.